The first kappa shape index (κ1) is 12.3. The Morgan fingerprint density at radius 3 is 2.38 bits per heavy atom. The Hall–Kier alpha value is -1.74. The Balaban J connectivity index is 3.67. The number of carbonyl (C=O) groups is 1. The van der Waals surface area contributed by atoms with Gasteiger partial charge in [0.2, 0.25) is 0 Å². The molecule has 0 heterocycles. The van der Waals surface area contributed by atoms with Gasteiger partial charge in [-0.15, -0.1) is 0 Å². The molecule has 3 nitrogen and oxygen atoms in total. The lowest BCUT2D eigenvalue weighted by Gasteiger charge is -2.11. The predicted molar refractivity (Wildman–Crippen MR) is 48.1 cm³/mol. The number of aromatic carboxylic acids is 1. The minimum absolute atomic E-state index is 0.326. The average Bonchev–Trinajstić information content (AvgIpc) is 2.14. The number of nitrogens with zero attached hydrogens (tertiary/aromatic N) is 1. The third-order valence-corrected chi connectivity index (χ3v) is 2.10. The van der Waals surface area contributed by atoms with Crippen molar-refractivity contribution in [2.45, 2.75) is 6.18 Å². The number of alkyl halides is 3. The summed E-state index contributed by atoms with van der Waals surface area (Å²) in [5.41, 5.74) is -3.20. The van der Waals surface area contributed by atoms with Gasteiger partial charge in [-0.1, -0.05) is 11.6 Å². The Kier molecular flexibility index (Phi) is 3.10. The van der Waals surface area contributed by atoms with Crippen LogP contribution in [0.3, 0.4) is 0 Å². The number of benzene rings is 1. The fraction of sp³-hybridized carbons (Fsp3) is 0.111. The van der Waals surface area contributed by atoms with Crippen molar-refractivity contribution in [3.63, 3.8) is 0 Å². The molecule has 0 saturated heterocycles. The second-order valence-electron chi connectivity index (χ2n) is 2.76. The van der Waals surface area contributed by atoms with Crippen LogP contribution in [0, 0.1) is 11.3 Å². The van der Waals surface area contributed by atoms with Gasteiger partial charge in [0.05, 0.1) is 21.7 Å². The van der Waals surface area contributed by atoms with E-state index in [-0.39, 0.29) is 5.02 Å². The van der Waals surface area contributed by atoms with Crippen LogP contribution in [0.2, 0.25) is 5.02 Å². The summed E-state index contributed by atoms with van der Waals surface area (Å²) in [5, 5.41) is 16.9. The van der Waals surface area contributed by atoms with Crippen LogP contribution in [0.15, 0.2) is 12.1 Å². The molecule has 0 atom stereocenters. The molecule has 0 aromatic heterocycles. The maximum Gasteiger partial charge on any atom is 0.417 e. The number of carboxylic acids is 1. The molecule has 7 heteroatoms. The van der Waals surface area contributed by atoms with Gasteiger partial charge in [-0.2, -0.15) is 18.4 Å². The molecule has 0 saturated carbocycles. The van der Waals surface area contributed by atoms with Crippen molar-refractivity contribution < 1.29 is 23.1 Å². The van der Waals surface area contributed by atoms with Crippen LogP contribution >= 0.6 is 11.6 Å². The molecule has 1 aromatic carbocycles. The zero-order chi connectivity index (χ0) is 12.5. The summed E-state index contributed by atoms with van der Waals surface area (Å²) < 4.78 is 37.3. The van der Waals surface area contributed by atoms with Crippen molar-refractivity contribution in [2.24, 2.45) is 0 Å². The molecule has 0 fully saturated rings. The van der Waals surface area contributed by atoms with E-state index in [1.807, 2.05) is 0 Å². The lowest BCUT2D eigenvalue weighted by Crippen LogP contribution is -2.14. The highest BCUT2D eigenvalue weighted by Crippen LogP contribution is 2.35. The smallest absolute Gasteiger partial charge is 0.417 e. The number of rotatable bonds is 1. The van der Waals surface area contributed by atoms with E-state index in [0.717, 1.165) is 6.07 Å². The molecule has 0 unspecified atom stereocenters. The molecule has 0 aliphatic carbocycles. The standard InChI is InChI=1S/C9H3ClF3NO2/c10-6-2-1-5(9(11,12)13)7(8(15)16)4(6)3-14/h1-2H,(H,15,16). The van der Waals surface area contributed by atoms with Gasteiger partial charge in [-0.05, 0) is 12.1 Å². The second kappa shape index (κ2) is 4.02. The first-order chi connectivity index (χ1) is 7.29. The number of hydrogen-bond acceptors (Lipinski definition) is 2. The average molecular weight is 250 g/mol. The Morgan fingerprint density at radius 2 is 2.00 bits per heavy atom. The highest BCUT2D eigenvalue weighted by molar-refractivity contribution is 6.32. The minimum atomic E-state index is -4.84. The summed E-state index contributed by atoms with van der Waals surface area (Å²) in [5.74, 6) is -1.84. The Labute approximate surface area is 92.7 Å². The van der Waals surface area contributed by atoms with E-state index >= 15 is 0 Å². The SMILES string of the molecule is N#Cc1c(Cl)ccc(C(F)(F)F)c1C(=O)O. The number of halogens is 4. The van der Waals surface area contributed by atoms with Crippen molar-refractivity contribution in [2.75, 3.05) is 0 Å². The van der Waals surface area contributed by atoms with Gasteiger partial charge in [-0.25, -0.2) is 4.79 Å². The van der Waals surface area contributed by atoms with Gasteiger partial charge in [0.25, 0.3) is 0 Å². The van der Waals surface area contributed by atoms with Gasteiger partial charge in [0.1, 0.15) is 6.07 Å². The first-order valence-electron chi connectivity index (χ1n) is 3.82. The van der Waals surface area contributed by atoms with Gasteiger partial charge < -0.3 is 5.11 Å². The summed E-state index contributed by atoms with van der Waals surface area (Å²) in [6, 6.07) is 2.72. The van der Waals surface area contributed by atoms with Crippen LogP contribution in [0.5, 0.6) is 0 Å². The summed E-state index contributed by atoms with van der Waals surface area (Å²) in [4.78, 5) is 10.7. The fourth-order valence-electron chi connectivity index (χ4n) is 1.14. The number of carboxylic acid groups (broad SMARTS) is 1. The van der Waals surface area contributed by atoms with E-state index in [9.17, 15) is 18.0 Å². The fourth-order valence-corrected chi connectivity index (χ4v) is 1.34. The molecule has 0 spiro atoms. The van der Waals surface area contributed by atoms with Crippen LogP contribution in [-0.2, 0) is 6.18 Å². The molecule has 0 aliphatic rings. The highest BCUT2D eigenvalue weighted by atomic mass is 35.5. The van der Waals surface area contributed by atoms with Gasteiger partial charge in [0.15, 0.2) is 0 Å². The van der Waals surface area contributed by atoms with E-state index in [2.05, 4.69) is 0 Å². The van der Waals surface area contributed by atoms with Crippen LogP contribution in [0.4, 0.5) is 13.2 Å². The van der Waals surface area contributed by atoms with Crippen LogP contribution in [-0.4, -0.2) is 11.1 Å². The molecule has 1 aromatic rings. The second-order valence-corrected chi connectivity index (χ2v) is 3.17. The zero-order valence-corrected chi connectivity index (χ0v) is 8.23. The van der Waals surface area contributed by atoms with Crippen LogP contribution < -0.4 is 0 Å². The lowest BCUT2D eigenvalue weighted by atomic mass is 10.0. The van der Waals surface area contributed by atoms with Gasteiger partial charge >= 0.3 is 12.1 Å². The first-order valence-corrected chi connectivity index (χ1v) is 4.20. The molecule has 1 N–H and O–H groups in total. The molecular weight excluding hydrogens is 247 g/mol. The molecular formula is C9H3ClF3NO2. The largest absolute Gasteiger partial charge is 0.478 e. The molecule has 16 heavy (non-hydrogen) atoms. The van der Waals surface area contributed by atoms with Crippen molar-refractivity contribution in [3.05, 3.63) is 33.8 Å². The predicted octanol–water partition coefficient (Wildman–Crippen LogP) is 2.93. The molecule has 0 aliphatic heterocycles. The number of nitriles is 1. The quantitative estimate of drug-likeness (QED) is 0.832. The molecule has 0 bridgehead atoms. The van der Waals surface area contributed by atoms with Crippen LogP contribution in [0.1, 0.15) is 21.5 Å². The van der Waals surface area contributed by atoms with Crippen molar-refractivity contribution in [1.82, 2.24) is 0 Å². The third kappa shape index (κ3) is 2.09. The lowest BCUT2D eigenvalue weighted by molar-refractivity contribution is -0.138. The molecule has 1 rings (SSSR count). The molecule has 0 amide bonds. The Bertz CT molecular complexity index is 491. The van der Waals surface area contributed by atoms with Crippen molar-refractivity contribution in [3.8, 4) is 6.07 Å². The normalized spacial score (nSPS) is 10.9. The van der Waals surface area contributed by atoms with Crippen molar-refractivity contribution in [1.29, 1.82) is 5.26 Å². The molecule has 0 radical (unpaired) electrons. The minimum Gasteiger partial charge on any atom is -0.478 e. The monoisotopic (exact) mass is 249 g/mol. The zero-order valence-electron chi connectivity index (χ0n) is 7.47. The summed E-state index contributed by atoms with van der Waals surface area (Å²) >= 11 is 5.44. The van der Waals surface area contributed by atoms with E-state index in [4.69, 9.17) is 22.0 Å². The summed E-state index contributed by atoms with van der Waals surface area (Å²) in [6.07, 6.45) is -4.84. The Morgan fingerprint density at radius 1 is 1.44 bits per heavy atom. The summed E-state index contributed by atoms with van der Waals surface area (Å²) in [6.45, 7) is 0. The van der Waals surface area contributed by atoms with E-state index < -0.39 is 28.8 Å². The van der Waals surface area contributed by atoms with Crippen molar-refractivity contribution >= 4 is 17.6 Å². The highest BCUT2D eigenvalue weighted by Gasteiger charge is 2.37. The van der Waals surface area contributed by atoms with E-state index in [1.54, 1.807) is 0 Å². The van der Waals surface area contributed by atoms with Gasteiger partial charge in [0, 0.05) is 0 Å². The van der Waals surface area contributed by atoms with Crippen LogP contribution in [0.25, 0.3) is 0 Å². The summed E-state index contributed by atoms with van der Waals surface area (Å²) in [7, 11) is 0. The van der Waals surface area contributed by atoms with E-state index in [0.29, 0.717) is 6.07 Å². The maximum absolute atomic E-state index is 12.4. The number of hydrogen-bond donors (Lipinski definition) is 1. The van der Waals surface area contributed by atoms with E-state index in [1.165, 1.54) is 6.07 Å². The topological polar surface area (TPSA) is 61.1 Å². The van der Waals surface area contributed by atoms with Gasteiger partial charge in [-0.3, -0.25) is 0 Å². The third-order valence-electron chi connectivity index (χ3n) is 1.79. The maximum atomic E-state index is 12.4. The molecule has 84 valence electrons.